The smallest absolute Gasteiger partial charge is 0.154 e. The monoisotopic (exact) mass is 264 g/mol. The van der Waals surface area contributed by atoms with Crippen molar-refractivity contribution in [1.82, 2.24) is 5.32 Å². The van der Waals surface area contributed by atoms with Crippen molar-refractivity contribution in [2.75, 3.05) is 32.6 Å². The fourth-order valence-electron chi connectivity index (χ4n) is 2.20. The quantitative estimate of drug-likeness (QED) is 0.640. The lowest BCUT2D eigenvalue weighted by atomic mass is 10.1. The fraction of sp³-hybridized carbons (Fsp3) is 1.00. The highest BCUT2D eigenvalue weighted by Gasteiger charge is 2.31. The van der Waals surface area contributed by atoms with Crippen LogP contribution in [-0.4, -0.2) is 52.3 Å². The molecule has 0 aromatic heterocycles. The van der Waals surface area contributed by atoms with Gasteiger partial charge in [-0.25, -0.2) is 8.42 Å². The number of hydrogen-bond donors (Lipinski definition) is 2. The van der Waals surface area contributed by atoms with Crippen molar-refractivity contribution in [1.29, 1.82) is 0 Å². The molecule has 0 aromatic rings. The second-order valence-electron chi connectivity index (χ2n) is 4.62. The van der Waals surface area contributed by atoms with Crippen LogP contribution in [0.1, 0.15) is 25.7 Å². The van der Waals surface area contributed by atoms with E-state index in [9.17, 15) is 8.42 Å². The van der Waals surface area contributed by atoms with Crippen LogP contribution in [0.5, 0.6) is 0 Å². The zero-order valence-electron chi connectivity index (χ0n) is 10.5. The second-order valence-corrected chi connectivity index (χ2v) is 7.02. The first kappa shape index (κ1) is 14.9. The average Bonchev–Trinajstić information content (AvgIpc) is 2.62. The van der Waals surface area contributed by atoms with Gasteiger partial charge in [0, 0.05) is 19.7 Å². The normalized spacial score (nSPS) is 24.9. The van der Waals surface area contributed by atoms with Crippen molar-refractivity contribution >= 4 is 9.84 Å². The molecule has 5 nitrogen and oxygen atoms in total. The molecule has 1 saturated heterocycles. The first-order valence-electron chi connectivity index (χ1n) is 6.24. The Morgan fingerprint density at radius 2 is 2.29 bits per heavy atom. The van der Waals surface area contributed by atoms with Crippen LogP contribution in [0.25, 0.3) is 0 Å². The third-order valence-electron chi connectivity index (χ3n) is 3.22. The van der Waals surface area contributed by atoms with Crippen LogP contribution < -0.4 is 11.1 Å². The minimum atomic E-state index is -2.85. The predicted octanol–water partition coefficient (Wildman–Crippen LogP) is -0.0929. The lowest BCUT2D eigenvalue weighted by Crippen LogP contribution is -2.40. The zero-order chi connectivity index (χ0) is 12.7. The van der Waals surface area contributed by atoms with E-state index in [0.717, 1.165) is 25.7 Å². The van der Waals surface area contributed by atoms with E-state index < -0.39 is 9.84 Å². The summed E-state index contributed by atoms with van der Waals surface area (Å²) in [4.78, 5) is 0. The number of ether oxygens (including phenoxy) is 1. The molecule has 6 heteroatoms. The van der Waals surface area contributed by atoms with Crippen LogP contribution in [0.15, 0.2) is 0 Å². The molecule has 1 rings (SSSR count). The maximum atomic E-state index is 11.7. The summed E-state index contributed by atoms with van der Waals surface area (Å²) < 4.78 is 28.4. The molecule has 0 saturated carbocycles. The maximum absolute atomic E-state index is 11.7. The van der Waals surface area contributed by atoms with Crippen molar-refractivity contribution < 1.29 is 13.2 Å². The van der Waals surface area contributed by atoms with Gasteiger partial charge < -0.3 is 15.8 Å². The lowest BCUT2D eigenvalue weighted by molar-refractivity contribution is 0.162. The Morgan fingerprint density at radius 3 is 2.82 bits per heavy atom. The van der Waals surface area contributed by atoms with E-state index in [0.29, 0.717) is 25.4 Å². The van der Waals surface area contributed by atoms with Crippen molar-refractivity contribution in [3.8, 4) is 0 Å². The van der Waals surface area contributed by atoms with Crippen LogP contribution in [0, 0.1) is 0 Å². The Morgan fingerprint density at radius 1 is 1.53 bits per heavy atom. The predicted molar refractivity (Wildman–Crippen MR) is 68.8 cm³/mol. The van der Waals surface area contributed by atoms with E-state index >= 15 is 0 Å². The molecule has 102 valence electrons. The Kier molecular flexibility index (Phi) is 6.40. The summed E-state index contributed by atoms with van der Waals surface area (Å²) in [6.07, 6.45) is 3.44. The molecule has 0 spiro atoms. The van der Waals surface area contributed by atoms with E-state index in [1.165, 1.54) is 0 Å². The number of rotatable bonds is 8. The van der Waals surface area contributed by atoms with Gasteiger partial charge >= 0.3 is 0 Å². The SMILES string of the molecule is COCC(CCCN)NCC1CCCS1(=O)=O. The van der Waals surface area contributed by atoms with E-state index in [1.807, 2.05) is 0 Å². The van der Waals surface area contributed by atoms with E-state index in [1.54, 1.807) is 7.11 Å². The molecule has 1 fully saturated rings. The lowest BCUT2D eigenvalue weighted by Gasteiger charge is -2.19. The highest BCUT2D eigenvalue weighted by atomic mass is 32.2. The third kappa shape index (κ3) is 4.91. The van der Waals surface area contributed by atoms with Gasteiger partial charge in [0.15, 0.2) is 9.84 Å². The second kappa shape index (κ2) is 7.31. The third-order valence-corrected chi connectivity index (χ3v) is 5.50. The molecular weight excluding hydrogens is 240 g/mol. The van der Waals surface area contributed by atoms with Crippen molar-refractivity contribution in [3.05, 3.63) is 0 Å². The summed E-state index contributed by atoms with van der Waals surface area (Å²) in [6, 6.07) is 0.208. The minimum Gasteiger partial charge on any atom is -0.383 e. The molecule has 17 heavy (non-hydrogen) atoms. The van der Waals surface area contributed by atoms with Gasteiger partial charge in [0.05, 0.1) is 17.6 Å². The number of methoxy groups -OCH3 is 1. The average molecular weight is 264 g/mol. The van der Waals surface area contributed by atoms with Crippen molar-refractivity contribution in [2.24, 2.45) is 5.73 Å². The van der Waals surface area contributed by atoms with Crippen LogP contribution in [-0.2, 0) is 14.6 Å². The van der Waals surface area contributed by atoms with Gasteiger partial charge in [-0.1, -0.05) is 0 Å². The number of nitrogens with two attached hydrogens (primary N) is 1. The van der Waals surface area contributed by atoms with Crippen LogP contribution in [0.3, 0.4) is 0 Å². The Hall–Kier alpha value is -0.170. The van der Waals surface area contributed by atoms with Gasteiger partial charge in [0.1, 0.15) is 0 Å². The molecule has 1 aliphatic rings. The summed E-state index contributed by atoms with van der Waals surface area (Å²) in [5.74, 6) is 0.344. The molecule has 2 atom stereocenters. The zero-order valence-corrected chi connectivity index (χ0v) is 11.3. The molecule has 0 amide bonds. The summed E-state index contributed by atoms with van der Waals surface area (Å²) >= 11 is 0. The molecule has 2 unspecified atom stereocenters. The largest absolute Gasteiger partial charge is 0.383 e. The fourth-order valence-corrected chi connectivity index (χ4v) is 3.97. The Labute approximate surface area is 104 Å². The highest BCUT2D eigenvalue weighted by molar-refractivity contribution is 7.92. The van der Waals surface area contributed by atoms with Crippen LogP contribution in [0.2, 0.25) is 0 Å². The van der Waals surface area contributed by atoms with E-state index in [-0.39, 0.29) is 11.3 Å². The molecule has 0 aliphatic carbocycles. The van der Waals surface area contributed by atoms with Crippen LogP contribution in [0.4, 0.5) is 0 Å². The number of sulfone groups is 1. The molecule has 1 aliphatic heterocycles. The number of nitrogens with one attached hydrogen (secondary N) is 1. The van der Waals surface area contributed by atoms with Gasteiger partial charge in [-0.05, 0) is 32.2 Å². The van der Waals surface area contributed by atoms with Crippen LogP contribution >= 0.6 is 0 Å². The van der Waals surface area contributed by atoms with Gasteiger partial charge in [-0.3, -0.25) is 0 Å². The topological polar surface area (TPSA) is 81.4 Å². The molecular formula is C11H24N2O3S. The summed E-state index contributed by atoms with van der Waals surface area (Å²) in [5, 5.41) is 3.08. The van der Waals surface area contributed by atoms with Gasteiger partial charge in [0.2, 0.25) is 0 Å². The summed E-state index contributed by atoms with van der Waals surface area (Å²) in [7, 11) is -1.19. The molecule has 0 bridgehead atoms. The van der Waals surface area contributed by atoms with Gasteiger partial charge in [-0.15, -0.1) is 0 Å². The van der Waals surface area contributed by atoms with E-state index in [2.05, 4.69) is 5.32 Å². The number of hydrogen-bond acceptors (Lipinski definition) is 5. The first-order valence-corrected chi connectivity index (χ1v) is 7.95. The Balaban J connectivity index is 2.35. The Bertz CT molecular complexity index is 306. The molecule has 0 aromatic carbocycles. The standard InChI is InChI=1S/C11H24N2O3S/c1-16-9-10(4-2-6-12)13-8-11-5-3-7-17(11,14)15/h10-11,13H,2-9,12H2,1H3. The van der Waals surface area contributed by atoms with Crippen molar-refractivity contribution in [2.45, 2.75) is 37.0 Å². The summed E-state index contributed by atoms with van der Waals surface area (Å²) in [6.45, 7) is 1.80. The summed E-state index contributed by atoms with van der Waals surface area (Å²) in [5.41, 5.74) is 5.47. The van der Waals surface area contributed by atoms with Gasteiger partial charge in [0.25, 0.3) is 0 Å². The molecule has 1 heterocycles. The van der Waals surface area contributed by atoms with Gasteiger partial charge in [-0.2, -0.15) is 0 Å². The van der Waals surface area contributed by atoms with Crippen molar-refractivity contribution in [3.63, 3.8) is 0 Å². The molecule has 0 radical (unpaired) electrons. The first-order chi connectivity index (χ1) is 8.10. The maximum Gasteiger partial charge on any atom is 0.154 e. The highest BCUT2D eigenvalue weighted by Crippen LogP contribution is 2.19. The molecule has 3 N–H and O–H groups in total. The van der Waals surface area contributed by atoms with E-state index in [4.69, 9.17) is 10.5 Å². The minimum absolute atomic E-state index is 0.208.